The van der Waals surface area contributed by atoms with Gasteiger partial charge in [-0.3, -0.25) is 4.90 Å². The Kier molecular flexibility index (Phi) is 5.47. The maximum absolute atomic E-state index is 13.4. The van der Waals surface area contributed by atoms with Crippen LogP contribution in [0.2, 0.25) is 0 Å². The van der Waals surface area contributed by atoms with Gasteiger partial charge in [-0.05, 0) is 42.2 Å². The van der Waals surface area contributed by atoms with E-state index in [0.717, 1.165) is 18.2 Å². The lowest BCUT2D eigenvalue weighted by molar-refractivity contribution is -0.131. The van der Waals surface area contributed by atoms with Crippen molar-refractivity contribution in [3.8, 4) is 0 Å². The number of carbonyl (C=O) groups is 1. The molecule has 1 aliphatic carbocycles. The molecule has 5 heteroatoms. The SMILES string of the molecule is COCCN(Cc1ccc(F)cc1C=CC(=O)O)C1CC1. The van der Waals surface area contributed by atoms with Crippen LogP contribution in [0.5, 0.6) is 0 Å². The second kappa shape index (κ2) is 7.33. The number of carboxylic acid groups (broad SMARTS) is 1. The molecule has 0 bridgehead atoms. The number of rotatable bonds is 8. The first-order valence-corrected chi connectivity index (χ1v) is 7.02. The summed E-state index contributed by atoms with van der Waals surface area (Å²) < 4.78 is 18.5. The first kappa shape index (κ1) is 15.7. The van der Waals surface area contributed by atoms with E-state index in [-0.39, 0.29) is 5.82 Å². The number of hydrogen-bond donors (Lipinski definition) is 1. The summed E-state index contributed by atoms with van der Waals surface area (Å²) in [7, 11) is 1.67. The fourth-order valence-electron chi connectivity index (χ4n) is 2.28. The minimum Gasteiger partial charge on any atom is -0.478 e. The molecule has 0 spiro atoms. The highest BCUT2D eigenvalue weighted by molar-refractivity contribution is 5.85. The van der Waals surface area contributed by atoms with Crippen LogP contribution in [0.3, 0.4) is 0 Å². The first-order chi connectivity index (χ1) is 10.1. The van der Waals surface area contributed by atoms with E-state index in [4.69, 9.17) is 9.84 Å². The zero-order chi connectivity index (χ0) is 15.2. The van der Waals surface area contributed by atoms with E-state index in [9.17, 15) is 9.18 Å². The number of nitrogens with zero attached hydrogens (tertiary/aromatic N) is 1. The van der Waals surface area contributed by atoms with Gasteiger partial charge in [0.2, 0.25) is 0 Å². The van der Waals surface area contributed by atoms with Crippen molar-refractivity contribution in [1.29, 1.82) is 0 Å². The van der Waals surface area contributed by atoms with E-state index in [2.05, 4.69) is 4.90 Å². The molecule has 0 aliphatic heterocycles. The monoisotopic (exact) mass is 293 g/mol. The Morgan fingerprint density at radius 3 is 2.90 bits per heavy atom. The predicted molar refractivity (Wildman–Crippen MR) is 78.4 cm³/mol. The highest BCUT2D eigenvalue weighted by Gasteiger charge is 2.28. The van der Waals surface area contributed by atoms with Crippen molar-refractivity contribution < 1.29 is 19.0 Å². The highest BCUT2D eigenvalue weighted by atomic mass is 19.1. The summed E-state index contributed by atoms with van der Waals surface area (Å²) in [5.74, 6) is -1.40. The van der Waals surface area contributed by atoms with E-state index in [1.807, 2.05) is 0 Å². The number of hydrogen-bond acceptors (Lipinski definition) is 3. The molecule has 0 unspecified atom stereocenters. The minimum atomic E-state index is -1.04. The van der Waals surface area contributed by atoms with Crippen LogP contribution in [0.1, 0.15) is 24.0 Å². The second-order valence-corrected chi connectivity index (χ2v) is 5.21. The molecule has 1 aromatic rings. The molecule has 1 N–H and O–H groups in total. The van der Waals surface area contributed by atoms with Crippen molar-refractivity contribution in [3.63, 3.8) is 0 Å². The third-order valence-corrected chi connectivity index (χ3v) is 3.53. The first-order valence-electron chi connectivity index (χ1n) is 7.02. The van der Waals surface area contributed by atoms with Crippen molar-refractivity contribution in [3.05, 3.63) is 41.2 Å². The molecule has 21 heavy (non-hydrogen) atoms. The molecular formula is C16H20FNO3. The number of aliphatic carboxylic acids is 1. The van der Waals surface area contributed by atoms with E-state index >= 15 is 0 Å². The third kappa shape index (κ3) is 4.95. The van der Waals surface area contributed by atoms with Crippen LogP contribution in [0.4, 0.5) is 4.39 Å². The molecule has 1 aromatic carbocycles. The van der Waals surface area contributed by atoms with E-state index in [1.54, 1.807) is 13.2 Å². The Labute approximate surface area is 123 Å². The molecule has 2 rings (SSSR count). The standard InChI is InChI=1S/C16H20FNO3/c1-21-9-8-18(15-5-6-15)11-13-2-4-14(17)10-12(13)3-7-16(19)20/h2-4,7,10,15H,5-6,8-9,11H2,1H3,(H,19,20). The summed E-state index contributed by atoms with van der Waals surface area (Å²) in [5, 5.41) is 8.72. The number of carboxylic acids is 1. The summed E-state index contributed by atoms with van der Waals surface area (Å²) >= 11 is 0. The van der Waals surface area contributed by atoms with E-state index < -0.39 is 5.97 Å². The zero-order valence-corrected chi connectivity index (χ0v) is 12.1. The zero-order valence-electron chi connectivity index (χ0n) is 12.1. The molecule has 0 amide bonds. The van der Waals surface area contributed by atoms with Crippen LogP contribution in [-0.2, 0) is 16.1 Å². The van der Waals surface area contributed by atoms with Crippen LogP contribution in [0.25, 0.3) is 6.08 Å². The van der Waals surface area contributed by atoms with Crippen LogP contribution in [-0.4, -0.2) is 42.3 Å². The van der Waals surface area contributed by atoms with Gasteiger partial charge in [-0.1, -0.05) is 6.07 Å². The fourth-order valence-corrected chi connectivity index (χ4v) is 2.28. The summed E-state index contributed by atoms with van der Waals surface area (Å²) in [6, 6.07) is 5.06. The van der Waals surface area contributed by atoms with Crippen LogP contribution in [0, 0.1) is 5.82 Å². The van der Waals surface area contributed by atoms with Crippen molar-refractivity contribution in [1.82, 2.24) is 4.90 Å². The highest BCUT2D eigenvalue weighted by Crippen LogP contribution is 2.29. The van der Waals surface area contributed by atoms with E-state index in [0.29, 0.717) is 24.8 Å². The van der Waals surface area contributed by atoms with Crippen molar-refractivity contribution in [2.45, 2.75) is 25.4 Å². The number of methoxy groups -OCH3 is 1. The van der Waals surface area contributed by atoms with Gasteiger partial charge in [-0.25, -0.2) is 9.18 Å². The lowest BCUT2D eigenvalue weighted by Crippen LogP contribution is -2.29. The predicted octanol–water partition coefficient (Wildman–Crippen LogP) is 2.53. The normalized spacial score (nSPS) is 15.0. The van der Waals surface area contributed by atoms with Crippen molar-refractivity contribution in [2.24, 2.45) is 0 Å². The molecule has 4 nitrogen and oxygen atoms in total. The summed E-state index contributed by atoms with van der Waals surface area (Å²) in [6.45, 7) is 2.15. The van der Waals surface area contributed by atoms with Crippen molar-refractivity contribution in [2.75, 3.05) is 20.3 Å². The number of halogens is 1. The average molecular weight is 293 g/mol. The van der Waals surface area contributed by atoms with Crippen LogP contribution < -0.4 is 0 Å². The number of ether oxygens (including phenoxy) is 1. The Bertz CT molecular complexity index is 526. The van der Waals surface area contributed by atoms with Crippen molar-refractivity contribution >= 4 is 12.0 Å². The van der Waals surface area contributed by atoms with Gasteiger partial charge in [0.15, 0.2) is 0 Å². The van der Waals surface area contributed by atoms with Gasteiger partial charge >= 0.3 is 5.97 Å². The molecule has 0 heterocycles. The molecule has 1 aliphatic rings. The van der Waals surface area contributed by atoms with Gasteiger partial charge in [-0.15, -0.1) is 0 Å². The molecule has 1 saturated carbocycles. The molecular weight excluding hydrogens is 273 g/mol. The Hall–Kier alpha value is -1.72. The lowest BCUT2D eigenvalue weighted by atomic mass is 10.1. The van der Waals surface area contributed by atoms with Gasteiger partial charge in [0.05, 0.1) is 6.61 Å². The Morgan fingerprint density at radius 1 is 1.52 bits per heavy atom. The smallest absolute Gasteiger partial charge is 0.328 e. The molecule has 0 aromatic heterocycles. The quantitative estimate of drug-likeness (QED) is 0.748. The van der Waals surface area contributed by atoms with Gasteiger partial charge in [0, 0.05) is 32.3 Å². The third-order valence-electron chi connectivity index (χ3n) is 3.53. The Morgan fingerprint density at radius 2 is 2.29 bits per heavy atom. The van der Waals surface area contributed by atoms with Crippen LogP contribution >= 0.6 is 0 Å². The number of benzene rings is 1. The van der Waals surface area contributed by atoms with Gasteiger partial charge < -0.3 is 9.84 Å². The molecule has 1 fully saturated rings. The van der Waals surface area contributed by atoms with E-state index in [1.165, 1.54) is 31.1 Å². The van der Waals surface area contributed by atoms with Gasteiger partial charge in [0.25, 0.3) is 0 Å². The Balaban J connectivity index is 2.15. The maximum atomic E-state index is 13.4. The van der Waals surface area contributed by atoms with Gasteiger partial charge in [-0.2, -0.15) is 0 Å². The minimum absolute atomic E-state index is 0.362. The average Bonchev–Trinajstić information content (AvgIpc) is 3.27. The summed E-state index contributed by atoms with van der Waals surface area (Å²) in [4.78, 5) is 12.9. The lowest BCUT2D eigenvalue weighted by Gasteiger charge is -2.22. The topological polar surface area (TPSA) is 49.8 Å². The second-order valence-electron chi connectivity index (χ2n) is 5.21. The van der Waals surface area contributed by atoms with Crippen LogP contribution in [0.15, 0.2) is 24.3 Å². The summed E-state index contributed by atoms with van der Waals surface area (Å²) in [5.41, 5.74) is 1.54. The molecule has 0 saturated heterocycles. The molecule has 114 valence electrons. The maximum Gasteiger partial charge on any atom is 0.328 e. The molecule has 0 radical (unpaired) electrons. The molecule has 0 atom stereocenters. The fraction of sp³-hybridized carbons (Fsp3) is 0.438. The van der Waals surface area contributed by atoms with Gasteiger partial charge in [0.1, 0.15) is 5.82 Å². The summed E-state index contributed by atoms with van der Waals surface area (Å²) in [6.07, 6.45) is 4.83. The largest absolute Gasteiger partial charge is 0.478 e.